The summed E-state index contributed by atoms with van der Waals surface area (Å²) in [6.07, 6.45) is -2.70. The van der Waals surface area contributed by atoms with E-state index in [1.165, 1.54) is 24.3 Å². The second-order valence-electron chi connectivity index (χ2n) is 9.28. The Hall–Kier alpha value is -2.74. The van der Waals surface area contributed by atoms with E-state index in [0.717, 1.165) is 36.0 Å². The normalized spacial score (nSPS) is 12.5. The summed E-state index contributed by atoms with van der Waals surface area (Å²) in [4.78, 5) is 4.69. The molecule has 1 heterocycles. The van der Waals surface area contributed by atoms with Crippen molar-refractivity contribution in [3.63, 3.8) is 0 Å². The number of hydrogen-bond acceptors (Lipinski definition) is 4. The molecule has 0 saturated carbocycles. The van der Waals surface area contributed by atoms with Crippen LogP contribution in [-0.2, 0) is 13.2 Å². The summed E-state index contributed by atoms with van der Waals surface area (Å²) in [5.74, 6) is 0.908. The topological polar surface area (TPSA) is 59.3 Å². The fraction of sp³-hybridized carbons (Fsp3) is 0.458. The van der Waals surface area contributed by atoms with E-state index < -0.39 is 6.36 Å². The van der Waals surface area contributed by atoms with Crippen LogP contribution in [0.1, 0.15) is 46.1 Å². The van der Waals surface area contributed by atoms with Gasteiger partial charge in [-0.3, -0.25) is 0 Å². The summed E-state index contributed by atoms with van der Waals surface area (Å²) >= 11 is 0. The molecule has 2 N–H and O–H groups in total. The van der Waals surface area contributed by atoms with E-state index in [0.29, 0.717) is 17.6 Å². The molecule has 0 saturated heterocycles. The lowest BCUT2D eigenvalue weighted by atomic mass is 9.81. The number of nitrogens with one attached hydrogen (secondary N) is 1. The van der Waals surface area contributed by atoms with E-state index >= 15 is 0 Å². The van der Waals surface area contributed by atoms with Crippen LogP contribution in [0.5, 0.6) is 5.75 Å². The van der Waals surface area contributed by atoms with Gasteiger partial charge in [0.2, 0.25) is 5.95 Å². The molecule has 0 atom stereocenters. The van der Waals surface area contributed by atoms with Gasteiger partial charge >= 0.3 is 6.36 Å². The monoisotopic (exact) mass is 449 g/mol. The van der Waals surface area contributed by atoms with Crippen LogP contribution < -0.4 is 10.1 Å². The van der Waals surface area contributed by atoms with Crippen LogP contribution in [0.15, 0.2) is 42.5 Å². The first-order valence-electron chi connectivity index (χ1n) is 10.7. The summed E-state index contributed by atoms with van der Waals surface area (Å²) in [6.45, 7) is 9.58. The van der Waals surface area contributed by atoms with Gasteiger partial charge in [0, 0.05) is 12.2 Å². The first-order chi connectivity index (χ1) is 15.0. The molecule has 0 aliphatic heterocycles. The fourth-order valence-electron chi connectivity index (χ4n) is 4.09. The van der Waals surface area contributed by atoms with Crippen LogP contribution in [0, 0.1) is 11.3 Å². The molecule has 0 fully saturated rings. The number of imidazole rings is 1. The Kier molecular flexibility index (Phi) is 7.03. The number of aliphatic hydroxyl groups is 1. The van der Waals surface area contributed by atoms with Gasteiger partial charge in [0.15, 0.2) is 0 Å². The van der Waals surface area contributed by atoms with Crippen molar-refractivity contribution in [3.05, 3.63) is 48.0 Å². The smallest absolute Gasteiger partial charge is 0.406 e. The number of benzene rings is 2. The molecule has 3 rings (SSSR count). The van der Waals surface area contributed by atoms with Crippen LogP contribution in [0.2, 0.25) is 0 Å². The zero-order chi connectivity index (χ0) is 23.5. The SMILES string of the molecule is CC(C)CC(C)(C)CCn1c(Nc2ccc(OC(F)(F)F)cc2)nc2cc(CO)ccc21. The minimum absolute atomic E-state index is 0.0757. The van der Waals surface area contributed by atoms with E-state index in [1.807, 2.05) is 18.2 Å². The Morgan fingerprint density at radius 1 is 1.09 bits per heavy atom. The van der Waals surface area contributed by atoms with Gasteiger partial charge in [-0.15, -0.1) is 13.2 Å². The van der Waals surface area contributed by atoms with E-state index in [2.05, 4.69) is 47.3 Å². The maximum Gasteiger partial charge on any atom is 0.573 e. The Bertz CT molecular complexity index is 1040. The average Bonchev–Trinajstić information content (AvgIpc) is 3.02. The second-order valence-corrected chi connectivity index (χ2v) is 9.28. The summed E-state index contributed by atoms with van der Waals surface area (Å²) < 4.78 is 43.3. The maximum atomic E-state index is 12.4. The number of nitrogens with zero attached hydrogens (tertiary/aromatic N) is 2. The molecule has 3 aromatic rings. The van der Waals surface area contributed by atoms with Crippen LogP contribution in [0.25, 0.3) is 11.0 Å². The van der Waals surface area contributed by atoms with Gasteiger partial charge in [0.05, 0.1) is 17.6 Å². The van der Waals surface area contributed by atoms with Crippen LogP contribution >= 0.6 is 0 Å². The molecular weight excluding hydrogens is 419 g/mol. The Balaban J connectivity index is 1.88. The average molecular weight is 450 g/mol. The number of aryl methyl sites for hydroxylation is 1. The molecule has 2 aromatic carbocycles. The van der Waals surface area contributed by atoms with E-state index in [-0.39, 0.29) is 17.8 Å². The van der Waals surface area contributed by atoms with Gasteiger partial charge in [-0.05, 0) is 66.1 Å². The zero-order valence-corrected chi connectivity index (χ0v) is 18.8. The molecule has 0 unspecified atom stereocenters. The van der Waals surface area contributed by atoms with Gasteiger partial charge in [-0.2, -0.15) is 0 Å². The van der Waals surface area contributed by atoms with Crippen LogP contribution in [-0.4, -0.2) is 21.0 Å². The van der Waals surface area contributed by atoms with Crippen molar-refractivity contribution in [2.75, 3.05) is 5.32 Å². The van der Waals surface area contributed by atoms with Crippen molar-refractivity contribution >= 4 is 22.7 Å². The third-order valence-electron chi connectivity index (χ3n) is 5.31. The molecule has 0 amide bonds. The zero-order valence-electron chi connectivity index (χ0n) is 18.8. The predicted molar refractivity (Wildman–Crippen MR) is 120 cm³/mol. The fourth-order valence-corrected chi connectivity index (χ4v) is 4.09. The third kappa shape index (κ3) is 6.38. The van der Waals surface area contributed by atoms with Crippen molar-refractivity contribution in [2.45, 2.75) is 60.1 Å². The Labute approximate surface area is 186 Å². The summed E-state index contributed by atoms with van der Waals surface area (Å²) in [6, 6.07) is 11.2. The molecule has 0 radical (unpaired) electrons. The summed E-state index contributed by atoms with van der Waals surface area (Å²) in [7, 11) is 0. The number of halogens is 3. The highest BCUT2D eigenvalue weighted by Gasteiger charge is 2.31. The largest absolute Gasteiger partial charge is 0.573 e. The Morgan fingerprint density at radius 2 is 1.78 bits per heavy atom. The number of anilines is 2. The van der Waals surface area contributed by atoms with Gasteiger partial charge in [0.25, 0.3) is 0 Å². The van der Waals surface area contributed by atoms with Gasteiger partial charge < -0.3 is 19.7 Å². The van der Waals surface area contributed by atoms with Crippen LogP contribution in [0.4, 0.5) is 24.8 Å². The minimum Gasteiger partial charge on any atom is -0.406 e. The lowest BCUT2D eigenvalue weighted by Crippen LogP contribution is -2.18. The third-order valence-corrected chi connectivity index (χ3v) is 5.31. The van der Waals surface area contributed by atoms with Crippen molar-refractivity contribution in [1.29, 1.82) is 0 Å². The molecule has 8 heteroatoms. The van der Waals surface area contributed by atoms with Crippen molar-refractivity contribution < 1.29 is 23.0 Å². The number of hydrogen-bond donors (Lipinski definition) is 2. The maximum absolute atomic E-state index is 12.4. The first-order valence-corrected chi connectivity index (χ1v) is 10.7. The number of alkyl halides is 3. The van der Waals surface area contributed by atoms with Crippen molar-refractivity contribution in [2.24, 2.45) is 11.3 Å². The van der Waals surface area contributed by atoms with E-state index in [4.69, 9.17) is 0 Å². The molecule has 1 aromatic heterocycles. The highest BCUT2D eigenvalue weighted by molar-refractivity contribution is 5.80. The summed E-state index contributed by atoms with van der Waals surface area (Å²) in [5, 5.41) is 12.7. The number of rotatable bonds is 9. The highest BCUT2D eigenvalue weighted by atomic mass is 19.4. The minimum atomic E-state index is -4.73. The van der Waals surface area contributed by atoms with Gasteiger partial charge in [-0.1, -0.05) is 33.8 Å². The second kappa shape index (κ2) is 9.40. The van der Waals surface area contributed by atoms with Crippen LogP contribution in [0.3, 0.4) is 0 Å². The molecule has 32 heavy (non-hydrogen) atoms. The van der Waals surface area contributed by atoms with Gasteiger partial charge in [0.1, 0.15) is 5.75 Å². The summed E-state index contributed by atoms with van der Waals surface area (Å²) in [5.41, 5.74) is 3.19. The number of aromatic nitrogens is 2. The molecule has 0 spiro atoms. The van der Waals surface area contributed by atoms with Crippen molar-refractivity contribution in [3.8, 4) is 5.75 Å². The molecule has 0 aliphatic rings. The Morgan fingerprint density at radius 3 is 2.38 bits per heavy atom. The molecule has 5 nitrogen and oxygen atoms in total. The number of aliphatic hydroxyl groups excluding tert-OH is 1. The van der Waals surface area contributed by atoms with E-state index in [9.17, 15) is 18.3 Å². The quantitative estimate of drug-likeness (QED) is 0.385. The first kappa shape index (κ1) is 23.9. The van der Waals surface area contributed by atoms with E-state index in [1.54, 1.807) is 0 Å². The number of fused-ring (bicyclic) bond motifs is 1. The lowest BCUT2D eigenvalue weighted by Gasteiger charge is -2.27. The van der Waals surface area contributed by atoms with Crippen molar-refractivity contribution in [1.82, 2.24) is 9.55 Å². The molecule has 0 bridgehead atoms. The van der Waals surface area contributed by atoms with Gasteiger partial charge in [-0.25, -0.2) is 4.98 Å². The molecule has 0 aliphatic carbocycles. The highest BCUT2D eigenvalue weighted by Crippen LogP contribution is 2.32. The number of ether oxygens (including phenoxy) is 1. The predicted octanol–water partition coefficient (Wildman–Crippen LogP) is 6.63. The molecule has 174 valence electrons. The molecular formula is C24H30F3N3O2. The lowest BCUT2D eigenvalue weighted by molar-refractivity contribution is -0.274. The standard InChI is InChI=1S/C24H30F3N3O2/c1-16(2)14-23(3,4)11-12-30-21-10-5-17(15-31)13-20(21)29-22(30)28-18-6-8-19(9-7-18)32-24(25,26)27/h5-10,13,16,31H,11-12,14-15H2,1-4H3,(H,28,29).